The van der Waals surface area contributed by atoms with Crippen molar-refractivity contribution in [3.05, 3.63) is 82.1 Å². The van der Waals surface area contributed by atoms with E-state index in [1.165, 1.54) is 11.8 Å². The van der Waals surface area contributed by atoms with E-state index in [2.05, 4.69) is 10.6 Å². The molecule has 12 heteroatoms. The molecule has 2 aliphatic heterocycles. The van der Waals surface area contributed by atoms with Crippen LogP contribution in [-0.2, 0) is 29.1 Å². The minimum atomic E-state index is -0.202. The highest BCUT2D eigenvalue weighted by atomic mass is 32.2. The van der Waals surface area contributed by atoms with Crippen LogP contribution in [-0.4, -0.2) is 47.2 Å². The summed E-state index contributed by atoms with van der Waals surface area (Å²) in [5.74, 6) is 2.40. The molecule has 4 aromatic rings. The molecule has 234 valence electrons. The van der Waals surface area contributed by atoms with Crippen LogP contribution in [0, 0.1) is 0 Å². The Morgan fingerprint density at radius 2 is 1.56 bits per heavy atom. The predicted octanol–water partition coefficient (Wildman–Crippen LogP) is 4.18. The fraction of sp³-hybridized carbons (Fsp3) is 0.333. The monoisotopic (exact) mass is 630 g/mol. The highest BCUT2D eigenvalue weighted by molar-refractivity contribution is 7.99. The van der Waals surface area contributed by atoms with E-state index in [-0.39, 0.29) is 36.7 Å². The van der Waals surface area contributed by atoms with Gasteiger partial charge < -0.3 is 29.6 Å². The largest absolute Gasteiger partial charge is 0.454 e. The van der Waals surface area contributed by atoms with Gasteiger partial charge >= 0.3 is 0 Å². The zero-order chi connectivity index (χ0) is 31.0. The Morgan fingerprint density at radius 1 is 0.800 bits per heavy atom. The molecule has 0 aliphatic carbocycles. The molecule has 0 bridgehead atoms. The van der Waals surface area contributed by atoms with Crippen molar-refractivity contribution in [3.8, 4) is 23.0 Å². The molecule has 6 rings (SSSR count). The van der Waals surface area contributed by atoms with Gasteiger partial charge in [-0.25, -0.2) is 4.98 Å². The summed E-state index contributed by atoms with van der Waals surface area (Å²) in [5.41, 5.74) is 2.38. The van der Waals surface area contributed by atoms with Crippen molar-refractivity contribution >= 4 is 34.5 Å². The molecular formula is C33H34N4O7S. The number of hydrogen-bond acceptors (Lipinski definition) is 9. The number of nitrogens with one attached hydrogen (secondary N) is 2. The Hall–Kier alpha value is -4.71. The van der Waals surface area contributed by atoms with E-state index in [1.54, 1.807) is 16.7 Å². The molecule has 3 aromatic carbocycles. The summed E-state index contributed by atoms with van der Waals surface area (Å²) < 4.78 is 23.3. The zero-order valence-electron chi connectivity index (χ0n) is 24.7. The zero-order valence-corrected chi connectivity index (χ0v) is 25.5. The summed E-state index contributed by atoms with van der Waals surface area (Å²) in [6.07, 6.45) is 3.20. The number of carbonyl (C=O) groups is 2. The number of thioether (sulfide) groups is 1. The van der Waals surface area contributed by atoms with Crippen LogP contribution >= 0.6 is 11.8 Å². The van der Waals surface area contributed by atoms with Gasteiger partial charge in [-0.3, -0.25) is 19.0 Å². The molecule has 1 aromatic heterocycles. The molecule has 0 saturated carbocycles. The number of aromatic nitrogens is 2. The molecule has 2 amide bonds. The maximum absolute atomic E-state index is 13.6. The molecule has 2 aliphatic rings. The van der Waals surface area contributed by atoms with Crippen LogP contribution in [0.3, 0.4) is 0 Å². The fourth-order valence-electron chi connectivity index (χ4n) is 5.14. The Bertz CT molecular complexity index is 1750. The second kappa shape index (κ2) is 14.4. The number of carbonyl (C=O) groups excluding carboxylic acids is 2. The van der Waals surface area contributed by atoms with Crippen LogP contribution in [0.4, 0.5) is 0 Å². The lowest BCUT2D eigenvalue weighted by Gasteiger charge is -2.14. The van der Waals surface area contributed by atoms with Gasteiger partial charge in [0.15, 0.2) is 28.2 Å². The topological polar surface area (TPSA) is 130 Å². The van der Waals surface area contributed by atoms with Gasteiger partial charge in [-0.05, 0) is 48.6 Å². The molecule has 11 nitrogen and oxygen atoms in total. The van der Waals surface area contributed by atoms with Crippen LogP contribution < -0.4 is 35.1 Å². The van der Waals surface area contributed by atoms with Crippen molar-refractivity contribution in [1.82, 2.24) is 20.2 Å². The Morgan fingerprint density at radius 3 is 2.38 bits per heavy atom. The number of ether oxygens (including phenoxy) is 4. The first kappa shape index (κ1) is 30.3. The van der Waals surface area contributed by atoms with Crippen molar-refractivity contribution in [2.24, 2.45) is 0 Å². The van der Waals surface area contributed by atoms with Gasteiger partial charge in [-0.2, -0.15) is 0 Å². The van der Waals surface area contributed by atoms with E-state index >= 15 is 0 Å². The van der Waals surface area contributed by atoms with E-state index in [0.29, 0.717) is 78.0 Å². The highest BCUT2D eigenvalue weighted by Gasteiger charge is 2.20. The third-order valence-electron chi connectivity index (χ3n) is 7.54. The number of rotatable bonds is 14. The molecule has 2 N–H and O–H groups in total. The molecule has 0 spiro atoms. The van der Waals surface area contributed by atoms with E-state index in [9.17, 15) is 14.4 Å². The normalized spacial score (nSPS) is 12.8. The predicted molar refractivity (Wildman–Crippen MR) is 169 cm³/mol. The molecule has 45 heavy (non-hydrogen) atoms. The van der Waals surface area contributed by atoms with Crippen LogP contribution in [0.25, 0.3) is 10.9 Å². The van der Waals surface area contributed by atoms with Gasteiger partial charge in [0.25, 0.3) is 5.56 Å². The Kier molecular flexibility index (Phi) is 9.69. The summed E-state index contributed by atoms with van der Waals surface area (Å²) in [5, 5.41) is 6.79. The molecule has 0 radical (unpaired) electrons. The highest BCUT2D eigenvalue weighted by Crippen LogP contribution is 2.35. The van der Waals surface area contributed by atoms with Crippen molar-refractivity contribution in [2.45, 2.75) is 50.4 Å². The minimum absolute atomic E-state index is 0.0391. The number of amides is 2. The van der Waals surface area contributed by atoms with Crippen LogP contribution in [0.1, 0.15) is 36.8 Å². The van der Waals surface area contributed by atoms with Crippen LogP contribution in [0.5, 0.6) is 23.0 Å². The standard InChI is InChI=1S/C33H34N4O7S/c38-30(35-18-23-10-11-26-27(15-23)42-20-41-26)9-5-2-6-14-37-32(40)24-16-28-29(44-21-43-28)17-25(24)36-33(37)45-19-31(39)34-13-12-22-7-3-1-4-8-22/h1,3-4,7-8,10-11,15-17H,2,5-6,9,12-14,18-21H2,(H,34,39)(H,35,38). The van der Waals surface area contributed by atoms with Gasteiger partial charge in [-0.1, -0.05) is 54.6 Å². The number of nitrogens with zero attached hydrogens (tertiary/aromatic N) is 2. The molecule has 0 atom stereocenters. The smallest absolute Gasteiger partial charge is 0.262 e. The van der Waals surface area contributed by atoms with Gasteiger partial charge in [0.2, 0.25) is 25.4 Å². The Balaban J connectivity index is 1.03. The van der Waals surface area contributed by atoms with Crippen molar-refractivity contribution in [1.29, 1.82) is 0 Å². The molecule has 0 saturated heterocycles. The second-order valence-corrected chi connectivity index (χ2v) is 11.7. The van der Waals surface area contributed by atoms with Crippen molar-refractivity contribution in [2.75, 3.05) is 25.9 Å². The van der Waals surface area contributed by atoms with E-state index in [1.807, 2.05) is 48.5 Å². The quantitative estimate of drug-likeness (QED) is 0.120. The molecule has 3 heterocycles. The molecular weight excluding hydrogens is 596 g/mol. The van der Waals surface area contributed by atoms with Gasteiger partial charge in [0.1, 0.15) is 0 Å². The van der Waals surface area contributed by atoms with Crippen LogP contribution in [0.15, 0.2) is 70.6 Å². The lowest BCUT2D eigenvalue weighted by Crippen LogP contribution is -2.28. The second-order valence-electron chi connectivity index (χ2n) is 10.7. The summed E-state index contributed by atoms with van der Waals surface area (Å²) in [4.78, 5) is 43.4. The lowest BCUT2D eigenvalue weighted by molar-refractivity contribution is -0.121. The van der Waals surface area contributed by atoms with Gasteiger partial charge in [-0.15, -0.1) is 0 Å². The third-order valence-corrected chi connectivity index (χ3v) is 8.51. The number of hydrogen-bond donors (Lipinski definition) is 2. The summed E-state index contributed by atoms with van der Waals surface area (Å²) in [7, 11) is 0. The number of fused-ring (bicyclic) bond motifs is 3. The van der Waals surface area contributed by atoms with Crippen molar-refractivity contribution in [3.63, 3.8) is 0 Å². The van der Waals surface area contributed by atoms with Crippen LogP contribution in [0.2, 0.25) is 0 Å². The molecule has 0 unspecified atom stereocenters. The summed E-state index contributed by atoms with van der Waals surface area (Å²) >= 11 is 1.23. The molecule has 0 fully saturated rings. The van der Waals surface area contributed by atoms with E-state index < -0.39 is 0 Å². The Labute approximate surface area is 264 Å². The maximum Gasteiger partial charge on any atom is 0.262 e. The SMILES string of the molecule is O=C(CCCCCn1c(SCC(=O)NCCc2ccccc2)nc2cc3c(cc2c1=O)OCO3)NCc1ccc2c(c1)OCO2. The minimum Gasteiger partial charge on any atom is -0.454 e. The van der Waals surface area contributed by atoms with Gasteiger partial charge in [0.05, 0.1) is 16.7 Å². The van der Waals surface area contributed by atoms with E-state index in [4.69, 9.17) is 23.9 Å². The van der Waals surface area contributed by atoms with E-state index in [0.717, 1.165) is 24.0 Å². The first-order valence-electron chi connectivity index (χ1n) is 15.0. The van der Waals surface area contributed by atoms with Crippen molar-refractivity contribution < 1.29 is 28.5 Å². The first-order chi connectivity index (χ1) is 22.0. The number of unbranched alkanes of at least 4 members (excludes halogenated alkanes) is 2. The lowest BCUT2D eigenvalue weighted by atomic mass is 10.1. The average Bonchev–Trinajstić information content (AvgIpc) is 3.72. The number of benzene rings is 3. The first-order valence-corrected chi connectivity index (χ1v) is 15.9. The fourth-order valence-corrected chi connectivity index (χ4v) is 6.00. The third kappa shape index (κ3) is 7.69. The summed E-state index contributed by atoms with van der Waals surface area (Å²) in [6.45, 7) is 1.64. The maximum atomic E-state index is 13.6. The average molecular weight is 631 g/mol. The van der Waals surface area contributed by atoms with Gasteiger partial charge in [0, 0.05) is 32.1 Å². The summed E-state index contributed by atoms with van der Waals surface area (Å²) in [6, 6.07) is 18.9.